The fourth-order valence-corrected chi connectivity index (χ4v) is 2.84. The molecular weight excluding hydrogens is 272 g/mol. The minimum atomic E-state index is -0.755. The monoisotopic (exact) mass is 292 g/mol. The topological polar surface area (TPSA) is 59.2 Å². The van der Waals surface area contributed by atoms with Crippen molar-refractivity contribution in [2.75, 3.05) is 5.75 Å². The van der Waals surface area contributed by atoms with Gasteiger partial charge in [0, 0.05) is 11.3 Å². The third-order valence-corrected chi connectivity index (χ3v) is 4.11. The molecule has 5 heteroatoms. The first-order valence-electron chi connectivity index (χ1n) is 6.53. The largest absolute Gasteiger partial charge is 0.411 e. The summed E-state index contributed by atoms with van der Waals surface area (Å²) in [6.45, 7) is 9.67. The van der Waals surface area contributed by atoms with E-state index in [1.807, 2.05) is 13.8 Å². The molecule has 20 heavy (non-hydrogen) atoms. The van der Waals surface area contributed by atoms with Crippen LogP contribution in [0.3, 0.4) is 0 Å². The lowest BCUT2D eigenvalue weighted by atomic mass is 10.00. The predicted octanol–water partition coefficient (Wildman–Crippen LogP) is 3.52. The Kier molecular flexibility index (Phi) is 4.20. The first-order chi connectivity index (χ1) is 9.26. The van der Waals surface area contributed by atoms with Crippen LogP contribution in [0.25, 0.3) is 11.5 Å². The van der Waals surface area contributed by atoms with Crippen molar-refractivity contribution >= 4 is 11.8 Å². The van der Waals surface area contributed by atoms with E-state index in [9.17, 15) is 5.11 Å². The van der Waals surface area contributed by atoms with Crippen LogP contribution in [0.2, 0.25) is 0 Å². The number of hydrogen-bond acceptors (Lipinski definition) is 5. The zero-order valence-corrected chi connectivity index (χ0v) is 13.3. The lowest BCUT2D eigenvalue weighted by Crippen LogP contribution is -2.21. The SMILES string of the molecule is Cc1cc(C)c(-c2nnc(SCC(C)(C)O)o2)c(C)c1. The standard InChI is InChI=1S/C15H20N2O2S/c1-9-6-10(2)12(11(3)7-9)13-16-17-14(19-13)20-8-15(4,5)18/h6-7,18H,8H2,1-5H3. The Labute approximate surface area is 123 Å². The van der Waals surface area contributed by atoms with E-state index < -0.39 is 5.60 Å². The molecule has 0 saturated carbocycles. The number of thioether (sulfide) groups is 1. The van der Waals surface area contributed by atoms with E-state index in [1.54, 1.807) is 13.8 Å². The maximum absolute atomic E-state index is 9.71. The number of rotatable bonds is 4. The molecule has 2 rings (SSSR count). The van der Waals surface area contributed by atoms with Gasteiger partial charge in [0.25, 0.3) is 5.22 Å². The zero-order valence-electron chi connectivity index (χ0n) is 12.5. The van der Waals surface area contributed by atoms with Gasteiger partial charge < -0.3 is 9.52 Å². The van der Waals surface area contributed by atoms with Gasteiger partial charge in [-0.3, -0.25) is 0 Å². The van der Waals surface area contributed by atoms with Gasteiger partial charge in [0.15, 0.2) is 0 Å². The average Bonchev–Trinajstić information content (AvgIpc) is 2.72. The molecule has 0 amide bonds. The molecule has 0 saturated heterocycles. The summed E-state index contributed by atoms with van der Waals surface area (Å²) in [4.78, 5) is 0. The van der Waals surface area contributed by atoms with E-state index in [0.29, 0.717) is 16.9 Å². The van der Waals surface area contributed by atoms with Crippen molar-refractivity contribution < 1.29 is 9.52 Å². The van der Waals surface area contributed by atoms with Gasteiger partial charge in [0.2, 0.25) is 5.89 Å². The van der Waals surface area contributed by atoms with Gasteiger partial charge in [-0.05, 0) is 45.7 Å². The highest BCUT2D eigenvalue weighted by molar-refractivity contribution is 7.99. The molecule has 0 unspecified atom stereocenters. The maximum atomic E-state index is 9.71. The third kappa shape index (κ3) is 3.61. The number of nitrogens with zero attached hydrogens (tertiary/aromatic N) is 2. The molecule has 0 aliphatic heterocycles. The van der Waals surface area contributed by atoms with Gasteiger partial charge >= 0.3 is 0 Å². The summed E-state index contributed by atoms with van der Waals surface area (Å²) in [5.74, 6) is 1.05. The van der Waals surface area contributed by atoms with Crippen LogP contribution in [0.1, 0.15) is 30.5 Å². The molecule has 2 aromatic rings. The number of aryl methyl sites for hydroxylation is 3. The van der Waals surface area contributed by atoms with Crippen molar-refractivity contribution in [3.05, 3.63) is 28.8 Å². The lowest BCUT2D eigenvalue weighted by Gasteiger charge is -2.14. The Hall–Kier alpha value is -1.33. The average molecular weight is 292 g/mol. The van der Waals surface area contributed by atoms with E-state index in [4.69, 9.17) is 4.42 Å². The fourth-order valence-electron chi connectivity index (χ4n) is 2.12. The number of hydrogen-bond donors (Lipinski definition) is 1. The van der Waals surface area contributed by atoms with Crippen LogP contribution in [-0.2, 0) is 0 Å². The summed E-state index contributed by atoms with van der Waals surface area (Å²) < 4.78 is 5.70. The molecule has 1 N–H and O–H groups in total. The summed E-state index contributed by atoms with van der Waals surface area (Å²) in [6.07, 6.45) is 0. The summed E-state index contributed by atoms with van der Waals surface area (Å²) in [6, 6.07) is 4.21. The highest BCUT2D eigenvalue weighted by Crippen LogP contribution is 2.30. The highest BCUT2D eigenvalue weighted by atomic mass is 32.2. The summed E-state index contributed by atoms with van der Waals surface area (Å²) in [7, 11) is 0. The highest BCUT2D eigenvalue weighted by Gasteiger charge is 2.18. The van der Waals surface area contributed by atoms with Gasteiger partial charge in [-0.15, -0.1) is 10.2 Å². The second-order valence-corrected chi connectivity index (χ2v) is 6.67. The van der Waals surface area contributed by atoms with Crippen LogP contribution in [0.5, 0.6) is 0 Å². The molecule has 0 spiro atoms. The van der Waals surface area contributed by atoms with Crippen LogP contribution in [-0.4, -0.2) is 26.7 Å². The maximum Gasteiger partial charge on any atom is 0.276 e. The summed E-state index contributed by atoms with van der Waals surface area (Å²) in [5.41, 5.74) is 3.73. The molecule has 1 heterocycles. The lowest BCUT2D eigenvalue weighted by molar-refractivity contribution is 0.106. The summed E-state index contributed by atoms with van der Waals surface area (Å²) in [5, 5.41) is 18.4. The molecule has 108 valence electrons. The molecule has 0 fully saturated rings. The smallest absolute Gasteiger partial charge is 0.276 e. The minimum Gasteiger partial charge on any atom is -0.411 e. The van der Waals surface area contributed by atoms with Crippen molar-refractivity contribution in [2.24, 2.45) is 0 Å². The molecule has 0 aliphatic carbocycles. The molecule has 4 nitrogen and oxygen atoms in total. The Morgan fingerprint density at radius 2 is 1.75 bits per heavy atom. The Morgan fingerprint density at radius 3 is 2.30 bits per heavy atom. The predicted molar refractivity (Wildman–Crippen MR) is 81.0 cm³/mol. The molecule has 0 atom stereocenters. The molecule has 1 aromatic heterocycles. The number of aliphatic hydroxyl groups is 1. The van der Waals surface area contributed by atoms with Crippen LogP contribution < -0.4 is 0 Å². The van der Waals surface area contributed by atoms with Gasteiger partial charge in [0.1, 0.15) is 0 Å². The van der Waals surface area contributed by atoms with Crippen molar-refractivity contribution in [1.29, 1.82) is 0 Å². The van der Waals surface area contributed by atoms with E-state index in [1.165, 1.54) is 17.3 Å². The quantitative estimate of drug-likeness (QED) is 0.874. The fraction of sp³-hybridized carbons (Fsp3) is 0.467. The molecular formula is C15H20N2O2S. The van der Waals surface area contributed by atoms with E-state index in [2.05, 4.69) is 29.3 Å². The third-order valence-electron chi connectivity index (χ3n) is 2.85. The van der Waals surface area contributed by atoms with Gasteiger partial charge in [-0.1, -0.05) is 29.5 Å². The van der Waals surface area contributed by atoms with E-state index >= 15 is 0 Å². The van der Waals surface area contributed by atoms with Gasteiger partial charge in [-0.2, -0.15) is 0 Å². The minimum absolute atomic E-state index is 0.488. The Bertz CT molecular complexity index is 592. The van der Waals surface area contributed by atoms with Crippen LogP contribution >= 0.6 is 11.8 Å². The second-order valence-electron chi connectivity index (χ2n) is 5.75. The van der Waals surface area contributed by atoms with E-state index in [0.717, 1.165) is 16.7 Å². The Balaban J connectivity index is 2.25. The molecule has 0 radical (unpaired) electrons. The Morgan fingerprint density at radius 1 is 1.15 bits per heavy atom. The molecule has 0 aliphatic rings. The van der Waals surface area contributed by atoms with Crippen molar-refractivity contribution in [2.45, 2.75) is 45.4 Å². The summed E-state index contributed by atoms with van der Waals surface area (Å²) >= 11 is 1.37. The first kappa shape index (κ1) is 15.1. The molecule has 0 bridgehead atoms. The molecule has 1 aromatic carbocycles. The van der Waals surface area contributed by atoms with Crippen molar-refractivity contribution in [1.82, 2.24) is 10.2 Å². The number of aromatic nitrogens is 2. The van der Waals surface area contributed by atoms with Gasteiger partial charge in [-0.25, -0.2) is 0 Å². The van der Waals surface area contributed by atoms with E-state index in [-0.39, 0.29) is 0 Å². The van der Waals surface area contributed by atoms with Gasteiger partial charge in [0.05, 0.1) is 5.60 Å². The van der Waals surface area contributed by atoms with Crippen LogP contribution in [0.15, 0.2) is 21.8 Å². The zero-order chi connectivity index (χ0) is 14.9. The number of benzene rings is 1. The van der Waals surface area contributed by atoms with Crippen LogP contribution in [0.4, 0.5) is 0 Å². The normalized spacial score (nSPS) is 11.9. The van der Waals surface area contributed by atoms with Crippen molar-refractivity contribution in [3.63, 3.8) is 0 Å². The second kappa shape index (κ2) is 5.58. The van der Waals surface area contributed by atoms with Crippen LogP contribution in [0, 0.1) is 20.8 Å². The first-order valence-corrected chi connectivity index (χ1v) is 7.52. The van der Waals surface area contributed by atoms with Crippen molar-refractivity contribution in [3.8, 4) is 11.5 Å².